The average molecular weight is 477 g/mol. The molecule has 4 aromatic rings. The van der Waals surface area contributed by atoms with Crippen molar-refractivity contribution in [3.05, 3.63) is 102 Å². The van der Waals surface area contributed by atoms with E-state index in [4.69, 9.17) is 0 Å². The number of amides is 2. The molecule has 0 saturated carbocycles. The summed E-state index contributed by atoms with van der Waals surface area (Å²) in [5, 5.41) is 1.65. The number of nitrogens with zero attached hydrogens (tertiary/aromatic N) is 2. The molecular weight excluding hydrogens is 444 g/mol. The van der Waals surface area contributed by atoms with E-state index in [0.29, 0.717) is 23.6 Å². The summed E-state index contributed by atoms with van der Waals surface area (Å²) in [6.45, 7) is 4.79. The van der Waals surface area contributed by atoms with E-state index in [1.54, 1.807) is 0 Å². The van der Waals surface area contributed by atoms with E-state index in [1.165, 1.54) is 4.90 Å². The molecule has 4 aromatic carbocycles. The highest BCUT2D eigenvalue weighted by Gasteiger charge is 2.35. The number of para-hydroxylation sites is 2. The van der Waals surface area contributed by atoms with Crippen LogP contribution in [0.5, 0.6) is 0 Å². The second-order valence-corrected chi connectivity index (χ2v) is 9.50. The lowest BCUT2D eigenvalue weighted by molar-refractivity contribution is 0.0580. The standard InChI is InChI=1S/C32H32N2O2/c1-3-5-13-23(4-2)22-33-31(35)27-19-12-18-26-29(21-20-28(30(26)27)32(33)36)34(24-14-8-6-9-15-24)25-16-10-7-11-17-25/h6-12,14-21,23H,3-5,13,22H2,1-2H3. The summed E-state index contributed by atoms with van der Waals surface area (Å²) in [7, 11) is 0. The summed E-state index contributed by atoms with van der Waals surface area (Å²) < 4.78 is 0. The molecule has 1 atom stereocenters. The van der Waals surface area contributed by atoms with Crippen LogP contribution in [0.2, 0.25) is 0 Å². The highest BCUT2D eigenvalue weighted by molar-refractivity contribution is 6.27. The summed E-state index contributed by atoms with van der Waals surface area (Å²) in [6, 6.07) is 30.1. The number of hydrogen-bond donors (Lipinski definition) is 0. The Morgan fingerprint density at radius 2 is 1.33 bits per heavy atom. The number of imide groups is 1. The Morgan fingerprint density at radius 3 is 1.92 bits per heavy atom. The predicted octanol–water partition coefficient (Wildman–Crippen LogP) is 8.12. The van der Waals surface area contributed by atoms with Crippen LogP contribution in [0.1, 0.15) is 60.2 Å². The van der Waals surface area contributed by atoms with Crippen molar-refractivity contribution in [2.45, 2.75) is 39.5 Å². The number of benzene rings is 4. The topological polar surface area (TPSA) is 40.6 Å². The van der Waals surface area contributed by atoms with Crippen LogP contribution >= 0.6 is 0 Å². The van der Waals surface area contributed by atoms with Gasteiger partial charge in [0.15, 0.2) is 0 Å². The first-order valence-corrected chi connectivity index (χ1v) is 13.0. The molecule has 5 rings (SSSR count). The molecule has 0 aliphatic carbocycles. The Balaban J connectivity index is 1.63. The van der Waals surface area contributed by atoms with Crippen molar-refractivity contribution in [2.24, 2.45) is 5.92 Å². The molecule has 0 spiro atoms. The quantitative estimate of drug-likeness (QED) is 0.229. The molecule has 4 heteroatoms. The zero-order valence-electron chi connectivity index (χ0n) is 21.0. The Labute approximate surface area is 213 Å². The molecule has 1 unspecified atom stereocenters. The van der Waals surface area contributed by atoms with Gasteiger partial charge in [-0.2, -0.15) is 0 Å². The minimum absolute atomic E-state index is 0.184. The minimum Gasteiger partial charge on any atom is -0.310 e. The molecule has 0 aromatic heterocycles. The van der Waals surface area contributed by atoms with Gasteiger partial charge in [0, 0.05) is 39.8 Å². The second kappa shape index (κ2) is 10.4. The summed E-state index contributed by atoms with van der Waals surface area (Å²) in [4.78, 5) is 31.0. The third-order valence-corrected chi connectivity index (χ3v) is 7.22. The lowest BCUT2D eigenvalue weighted by Gasteiger charge is -2.32. The van der Waals surface area contributed by atoms with E-state index in [9.17, 15) is 9.59 Å². The second-order valence-electron chi connectivity index (χ2n) is 9.50. The predicted molar refractivity (Wildman–Crippen MR) is 147 cm³/mol. The van der Waals surface area contributed by atoms with Gasteiger partial charge in [-0.25, -0.2) is 0 Å². The maximum absolute atomic E-state index is 13.7. The maximum Gasteiger partial charge on any atom is 0.261 e. The monoisotopic (exact) mass is 476 g/mol. The lowest BCUT2D eigenvalue weighted by atomic mass is 9.91. The Kier molecular flexibility index (Phi) is 6.86. The summed E-state index contributed by atoms with van der Waals surface area (Å²) in [5.41, 5.74) is 4.18. The van der Waals surface area contributed by atoms with Gasteiger partial charge in [0.2, 0.25) is 0 Å². The fourth-order valence-electron chi connectivity index (χ4n) is 5.25. The van der Waals surface area contributed by atoms with Crippen LogP contribution in [0.4, 0.5) is 17.1 Å². The van der Waals surface area contributed by atoms with Gasteiger partial charge in [-0.1, -0.05) is 81.6 Å². The van der Waals surface area contributed by atoms with Gasteiger partial charge in [-0.15, -0.1) is 0 Å². The third kappa shape index (κ3) is 4.28. The molecule has 182 valence electrons. The molecule has 36 heavy (non-hydrogen) atoms. The lowest BCUT2D eigenvalue weighted by Crippen LogP contribution is -2.43. The van der Waals surface area contributed by atoms with Gasteiger partial charge in [0.05, 0.1) is 5.69 Å². The van der Waals surface area contributed by atoms with Crippen molar-refractivity contribution in [1.29, 1.82) is 0 Å². The van der Waals surface area contributed by atoms with E-state index in [0.717, 1.165) is 53.5 Å². The molecule has 1 aliphatic heterocycles. The molecule has 2 amide bonds. The van der Waals surface area contributed by atoms with Gasteiger partial charge in [0.1, 0.15) is 0 Å². The van der Waals surface area contributed by atoms with E-state index >= 15 is 0 Å². The van der Waals surface area contributed by atoms with Gasteiger partial charge in [0.25, 0.3) is 11.8 Å². The zero-order valence-corrected chi connectivity index (χ0v) is 21.0. The number of unbranched alkanes of at least 4 members (excludes halogenated alkanes) is 1. The van der Waals surface area contributed by atoms with E-state index < -0.39 is 0 Å². The Bertz CT molecular complexity index is 1320. The van der Waals surface area contributed by atoms with Gasteiger partial charge in [-0.05, 0) is 54.8 Å². The smallest absolute Gasteiger partial charge is 0.261 e. The van der Waals surface area contributed by atoms with Crippen molar-refractivity contribution in [3.63, 3.8) is 0 Å². The Hall–Kier alpha value is -3.92. The average Bonchev–Trinajstić information content (AvgIpc) is 2.93. The number of rotatable bonds is 9. The molecule has 1 heterocycles. The number of carbonyl (C=O) groups excluding carboxylic acids is 2. The van der Waals surface area contributed by atoms with Crippen molar-refractivity contribution < 1.29 is 9.59 Å². The van der Waals surface area contributed by atoms with Crippen LogP contribution in [0, 0.1) is 5.92 Å². The van der Waals surface area contributed by atoms with Crippen LogP contribution < -0.4 is 4.90 Å². The van der Waals surface area contributed by atoms with Crippen LogP contribution in [0.3, 0.4) is 0 Å². The van der Waals surface area contributed by atoms with Gasteiger partial charge < -0.3 is 4.90 Å². The van der Waals surface area contributed by atoms with Crippen molar-refractivity contribution in [1.82, 2.24) is 4.90 Å². The highest BCUT2D eigenvalue weighted by atomic mass is 16.2. The molecule has 0 fully saturated rings. The first kappa shape index (κ1) is 23.8. The largest absolute Gasteiger partial charge is 0.310 e. The molecule has 0 radical (unpaired) electrons. The third-order valence-electron chi connectivity index (χ3n) is 7.22. The van der Waals surface area contributed by atoms with Crippen molar-refractivity contribution in [3.8, 4) is 0 Å². The molecular formula is C32H32N2O2. The SMILES string of the molecule is CCCCC(CC)CN1C(=O)c2cccc3c(N(c4ccccc4)c4ccccc4)ccc(c23)C1=O. The molecule has 4 nitrogen and oxygen atoms in total. The number of anilines is 3. The highest BCUT2D eigenvalue weighted by Crippen LogP contribution is 2.42. The summed E-state index contributed by atoms with van der Waals surface area (Å²) >= 11 is 0. The van der Waals surface area contributed by atoms with Crippen LogP contribution in [-0.4, -0.2) is 23.3 Å². The summed E-state index contributed by atoms with van der Waals surface area (Å²) in [6.07, 6.45) is 4.21. The number of carbonyl (C=O) groups is 2. The van der Waals surface area contributed by atoms with Crippen LogP contribution in [-0.2, 0) is 0 Å². The van der Waals surface area contributed by atoms with Crippen molar-refractivity contribution in [2.75, 3.05) is 11.4 Å². The maximum atomic E-state index is 13.7. The van der Waals surface area contributed by atoms with E-state index in [2.05, 4.69) is 43.0 Å². The summed E-state index contributed by atoms with van der Waals surface area (Å²) in [5.74, 6) is -0.0446. The Morgan fingerprint density at radius 1 is 0.722 bits per heavy atom. The molecule has 0 bridgehead atoms. The van der Waals surface area contributed by atoms with Crippen molar-refractivity contribution >= 4 is 39.6 Å². The zero-order chi connectivity index (χ0) is 25.1. The molecule has 0 saturated heterocycles. The van der Waals surface area contributed by atoms with Crippen LogP contribution in [0.15, 0.2) is 91.0 Å². The normalized spacial score (nSPS) is 13.8. The fraction of sp³-hybridized carbons (Fsp3) is 0.250. The molecule has 0 N–H and O–H groups in total. The van der Waals surface area contributed by atoms with Gasteiger partial charge in [-0.3, -0.25) is 14.5 Å². The fourth-order valence-corrected chi connectivity index (χ4v) is 5.25. The van der Waals surface area contributed by atoms with Crippen LogP contribution in [0.25, 0.3) is 10.8 Å². The van der Waals surface area contributed by atoms with E-state index in [1.807, 2.05) is 66.7 Å². The number of hydrogen-bond acceptors (Lipinski definition) is 3. The van der Waals surface area contributed by atoms with E-state index in [-0.39, 0.29) is 11.8 Å². The van der Waals surface area contributed by atoms with Gasteiger partial charge >= 0.3 is 0 Å². The minimum atomic E-state index is -0.184. The molecule has 1 aliphatic rings. The first-order valence-electron chi connectivity index (χ1n) is 13.0. The first-order chi connectivity index (χ1) is 17.6.